The third kappa shape index (κ3) is 3.03. The Labute approximate surface area is 102 Å². The van der Waals surface area contributed by atoms with E-state index in [-0.39, 0.29) is 0 Å². The lowest BCUT2D eigenvalue weighted by Crippen LogP contribution is -2.42. The van der Waals surface area contributed by atoms with Crippen molar-refractivity contribution in [2.75, 3.05) is 26.2 Å². The zero-order valence-corrected chi connectivity index (χ0v) is 11.1. The van der Waals surface area contributed by atoms with Crippen LogP contribution in [-0.2, 0) is 13.0 Å². The van der Waals surface area contributed by atoms with Crippen LogP contribution < -0.4 is 5.32 Å². The first-order valence-electron chi connectivity index (χ1n) is 6.18. The summed E-state index contributed by atoms with van der Waals surface area (Å²) in [7, 11) is 0. The molecule has 3 nitrogen and oxygen atoms in total. The maximum Gasteiger partial charge on any atom is 0.107 e. The van der Waals surface area contributed by atoms with E-state index in [9.17, 15) is 0 Å². The van der Waals surface area contributed by atoms with Crippen molar-refractivity contribution in [3.05, 3.63) is 15.6 Å². The maximum atomic E-state index is 4.68. The molecule has 1 aromatic rings. The van der Waals surface area contributed by atoms with Crippen LogP contribution in [0.1, 0.15) is 28.9 Å². The number of hydrogen-bond acceptors (Lipinski definition) is 4. The number of piperazine rings is 1. The summed E-state index contributed by atoms with van der Waals surface area (Å²) in [6.07, 6.45) is 2.40. The third-order valence-corrected chi connectivity index (χ3v) is 4.18. The largest absolute Gasteiger partial charge is 0.314 e. The number of rotatable bonds is 4. The molecule has 0 spiro atoms. The molecule has 1 aromatic heterocycles. The maximum absolute atomic E-state index is 4.68. The molecule has 0 radical (unpaired) electrons. The van der Waals surface area contributed by atoms with Crippen LogP contribution in [0, 0.1) is 6.92 Å². The summed E-state index contributed by atoms with van der Waals surface area (Å²) < 4.78 is 0. The Kier molecular flexibility index (Phi) is 4.32. The van der Waals surface area contributed by atoms with Gasteiger partial charge in [-0.15, -0.1) is 11.3 Å². The topological polar surface area (TPSA) is 28.2 Å². The van der Waals surface area contributed by atoms with Gasteiger partial charge in [0.25, 0.3) is 0 Å². The molecular formula is C12H21N3S. The van der Waals surface area contributed by atoms with Crippen molar-refractivity contribution in [2.45, 2.75) is 33.2 Å². The standard InChI is InChI=1S/C12H21N3S/c1-3-4-11-10(2)14-12(16-11)9-15-7-5-13-6-8-15/h13H,3-9H2,1-2H3. The van der Waals surface area contributed by atoms with E-state index in [0.29, 0.717) is 0 Å². The Morgan fingerprint density at radius 2 is 2.12 bits per heavy atom. The van der Waals surface area contributed by atoms with Crippen LogP contribution in [-0.4, -0.2) is 36.1 Å². The van der Waals surface area contributed by atoms with Gasteiger partial charge in [-0.2, -0.15) is 0 Å². The average Bonchev–Trinajstić information content (AvgIpc) is 2.61. The molecule has 1 saturated heterocycles. The molecule has 1 aliphatic heterocycles. The molecule has 0 bridgehead atoms. The fraction of sp³-hybridized carbons (Fsp3) is 0.750. The van der Waals surface area contributed by atoms with E-state index >= 15 is 0 Å². The number of thiazole rings is 1. The summed E-state index contributed by atoms with van der Waals surface area (Å²) in [5.74, 6) is 0. The number of nitrogens with zero attached hydrogens (tertiary/aromatic N) is 2. The van der Waals surface area contributed by atoms with Gasteiger partial charge in [0.05, 0.1) is 12.2 Å². The molecule has 16 heavy (non-hydrogen) atoms. The van der Waals surface area contributed by atoms with E-state index in [4.69, 9.17) is 0 Å². The fourth-order valence-corrected chi connectivity index (χ4v) is 3.29. The Balaban J connectivity index is 1.95. The molecular weight excluding hydrogens is 218 g/mol. The number of aromatic nitrogens is 1. The molecule has 1 N–H and O–H groups in total. The van der Waals surface area contributed by atoms with Crippen LogP contribution in [0.15, 0.2) is 0 Å². The van der Waals surface area contributed by atoms with E-state index in [1.54, 1.807) is 0 Å². The summed E-state index contributed by atoms with van der Waals surface area (Å²) in [6, 6.07) is 0. The zero-order valence-electron chi connectivity index (χ0n) is 10.3. The molecule has 2 rings (SSSR count). The van der Waals surface area contributed by atoms with Crippen molar-refractivity contribution in [3.63, 3.8) is 0 Å². The second-order valence-electron chi connectivity index (χ2n) is 4.39. The highest BCUT2D eigenvalue weighted by atomic mass is 32.1. The predicted molar refractivity (Wildman–Crippen MR) is 69.0 cm³/mol. The Bertz CT molecular complexity index is 329. The summed E-state index contributed by atoms with van der Waals surface area (Å²) in [5, 5.41) is 4.67. The molecule has 0 aliphatic carbocycles. The average molecular weight is 239 g/mol. The highest BCUT2D eigenvalue weighted by Crippen LogP contribution is 2.21. The molecule has 4 heteroatoms. The fourth-order valence-electron chi connectivity index (χ4n) is 2.08. The van der Waals surface area contributed by atoms with Gasteiger partial charge in [0, 0.05) is 31.1 Å². The molecule has 90 valence electrons. The summed E-state index contributed by atoms with van der Waals surface area (Å²) in [4.78, 5) is 8.65. The normalized spacial score (nSPS) is 17.9. The minimum Gasteiger partial charge on any atom is -0.314 e. The van der Waals surface area contributed by atoms with Gasteiger partial charge in [0.2, 0.25) is 0 Å². The SMILES string of the molecule is CCCc1sc(CN2CCNCC2)nc1C. The van der Waals surface area contributed by atoms with Crippen LogP contribution in [0.4, 0.5) is 0 Å². The highest BCUT2D eigenvalue weighted by Gasteiger charge is 2.13. The molecule has 1 fully saturated rings. The zero-order chi connectivity index (χ0) is 11.4. The number of aryl methyl sites for hydroxylation is 2. The molecule has 0 saturated carbocycles. The molecule has 0 atom stereocenters. The van der Waals surface area contributed by atoms with Crippen molar-refractivity contribution in [2.24, 2.45) is 0 Å². The van der Waals surface area contributed by atoms with Crippen molar-refractivity contribution < 1.29 is 0 Å². The highest BCUT2D eigenvalue weighted by molar-refractivity contribution is 7.11. The van der Waals surface area contributed by atoms with Crippen LogP contribution in [0.25, 0.3) is 0 Å². The lowest BCUT2D eigenvalue weighted by molar-refractivity contribution is 0.233. The Morgan fingerprint density at radius 1 is 1.38 bits per heavy atom. The third-order valence-electron chi connectivity index (χ3n) is 2.98. The van der Waals surface area contributed by atoms with Gasteiger partial charge < -0.3 is 5.32 Å². The number of nitrogens with one attached hydrogen (secondary N) is 1. The van der Waals surface area contributed by atoms with Crippen LogP contribution in [0.3, 0.4) is 0 Å². The molecule has 0 aromatic carbocycles. The monoisotopic (exact) mass is 239 g/mol. The molecule has 2 heterocycles. The van der Waals surface area contributed by atoms with Crippen LogP contribution in [0.2, 0.25) is 0 Å². The van der Waals surface area contributed by atoms with E-state index in [0.717, 1.165) is 32.7 Å². The second-order valence-corrected chi connectivity index (χ2v) is 5.56. The smallest absolute Gasteiger partial charge is 0.107 e. The first-order valence-corrected chi connectivity index (χ1v) is 6.99. The molecule has 0 amide bonds. The quantitative estimate of drug-likeness (QED) is 0.868. The van der Waals surface area contributed by atoms with Gasteiger partial charge in [0.15, 0.2) is 0 Å². The minimum atomic E-state index is 1.04. The van der Waals surface area contributed by atoms with Gasteiger partial charge in [-0.1, -0.05) is 13.3 Å². The van der Waals surface area contributed by atoms with Crippen molar-refractivity contribution >= 4 is 11.3 Å². The lowest BCUT2D eigenvalue weighted by atomic mass is 10.2. The van der Waals surface area contributed by atoms with E-state index < -0.39 is 0 Å². The van der Waals surface area contributed by atoms with Gasteiger partial charge >= 0.3 is 0 Å². The van der Waals surface area contributed by atoms with E-state index in [1.165, 1.54) is 28.4 Å². The summed E-state index contributed by atoms with van der Waals surface area (Å²) in [5.41, 5.74) is 1.25. The van der Waals surface area contributed by atoms with E-state index in [2.05, 4.69) is 29.0 Å². The summed E-state index contributed by atoms with van der Waals surface area (Å²) >= 11 is 1.90. The van der Waals surface area contributed by atoms with E-state index in [1.807, 2.05) is 11.3 Å². The van der Waals surface area contributed by atoms with Crippen molar-refractivity contribution in [1.29, 1.82) is 0 Å². The first-order chi connectivity index (χ1) is 7.79. The van der Waals surface area contributed by atoms with Crippen LogP contribution >= 0.6 is 11.3 Å². The van der Waals surface area contributed by atoms with Gasteiger partial charge in [-0.05, 0) is 13.3 Å². The minimum absolute atomic E-state index is 1.04. The van der Waals surface area contributed by atoms with Gasteiger partial charge in [-0.25, -0.2) is 4.98 Å². The van der Waals surface area contributed by atoms with Crippen LogP contribution in [0.5, 0.6) is 0 Å². The predicted octanol–water partition coefficient (Wildman–Crippen LogP) is 1.81. The second kappa shape index (κ2) is 5.75. The Morgan fingerprint density at radius 3 is 2.81 bits per heavy atom. The first kappa shape index (κ1) is 12.0. The number of hydrogen-bond donors (Lipinski definition) is 1. The molecule has 1 aliphatic rings. The summed E-state index contributed by atoms with van der Waals surface area (Å²) in [6.45, 7) is 9.95. The Hall–Kier alpha value is -0.450. The molecule has 0 unspecified atom stereocenters. The van der Waals surface area contributed by atoms with Gasteiger partial charge in [0.1, 0.15) is 5.01 Å². The van der Waals surface area contributed by atoms with Crippen molar-refractivity contribution in [1.82, 2.24) is 15.2 Å². The lowest BCUT2D eigenvalue weighted by Gasteiger charge is -2.26. The van der Waals surface area contributed by atoms with Crippen molar-refractivity contribution in [3.8, 4) is 0 Å². The van der Waals surface area contributed by atoms with Gasteiger partial charge in [-0.3, -0.25) is 4.90 Å².